The lowest BCUT2D eigenvalue weighted by atomic mass is 10.3. The zero-order valence-electron chi connectivity index (χ0n) is 16.5. The Hall–Kier alpha value is -3.59. The van der Waals surface area contributed by atoms with Crippen LogP contribution in [0.5, 0.6) is 5.75 Å². The smallest absolute Gasteiger partial charge is 0.275 e. The SMILES string of the molecule is COc1ccc(NC(=O)Cn2c(C)ccc(NS(=O)(=O)c3ccccc3)c2=O)cc1. The highest BCUT2D eigenvalue weighted by molar-refractivity contribution is 7.92. The molecule has 30 heavy (non-hydrogen) atoms. The van der Waals surface area contributed by atoms with E-state index in [2.05, 4.69) is 10.0 Å². The molecule has 2 N–H and O–H groups in total. The molecule has 0 saturated heterocycles. The molecule has 0 bridgehead atoms. The minimum atomic E-state index is -3.92. The number of anilines is 2. The van der Waals surface area contributed by atoms with Crippen molar-refractivity contribution in [2.45, 2.75) is 18.4 Å². The first kappa shape index (κ1) is 21.1. The number of methoxy groups -OCH3 is 1. The van der Waals surface area contributed by atoms with E-state index in [0.717, 1.165) is 0 Å². The molecule has 1 aromatic heterocycles. The molecular formula is C21H21N3O5S. The third-order valence-electron chi connectivity index (χ3n) is 4.37. The fraction of sp³-hybridized carbons (Fsp3) is 0.143. The second-order valence-corrected chi connectivity index (χ2v) is 8.16. The number of hydrogen-bond donors (Lipinski definition) is 2. The average Bonchev–Trinajstić information content (AvgIpc) is 2.74. The number of rotatable bonds is 7. The van der Waals surface area contributed by atoms with E-state index in [1.165, 1.54) is 22.8 Å². The molecule has 0 radical (unpaired) electrons. The molecule has 0 aliphatic carbocycles. The van der Waals surface area contributed by atoms with Crippen molar-refractivity contribution < 1.29 is 17.9 Å². The van der Waals surface area contributed by atoms with Gasteiger partial charge >= 0.3 is 0 Å². The number of benzene rings is 2. The van der Waals surface area contributed by atoms with Crippen molar-refractivity contribution in [3.63, 3.8) is 0 Å². The Morgan fingerprint density at radius 3 is 2.30 bits per heavy atom. The summed E-state index contributed by atoms with van der Waals surface area (Å²) in [7, 11) is -2.38. The van der Waals surface area contributed by atoms with Gasteiger partial charge < -0.3 is 14.6 Å². The van der Waals surface area contributed by atoms with Crippen molar-refractivity contribution in [1.82, 2.24) is 4.57 Å². The van der Waals surface area contributed by atoms with E-state index in [9.17, 15) is 18.0 Å². The maximum atomic E-state index is 12.8. The first-order valence-electron chi connectivity index (χ1n) is 9.02. The number of carbonyl (C=O) groups is 1. The standard InChI is InChI=1S/C21H21N3O5S/c1-15-8-13-19(23-30(27,28)18-6-4-3-5-7-18)21(26)24(15)14-20(25)22-16-9-11-17(29-2)12-10-16/h3-13,23H,14H2,1-2H3,(H,22,25). The van der Waals surface area contributed by atoms with Crippen LogP contribution in [0.25, 0.3) is 0 Å². The zero-order valence-corrected chi connectivity index (χ0v) is 17.3. The van der Waals surface area contributed by atoms with Gasteiger partial charge in [-0.05, 0) is 55.5 Å². The molecule has 0 unspecified atom stereocenters. The quantitative estimate of drug-likeness (QED) is 0.603. The molecule has 9 heteroatoms. The minimum Gasteiger partial charge on any atom is -0.497 e. The lowest BCUT2D eigenvalue weighted by Gasteiger charge is -2.14. The summed E-state index contributed by atoms with van der Waals surface area (Å²) in [4.78, 5) is 25.3. The largest absolute Gasteiger partial charge is 0.497 e. The Morgan fingerprint density at radius 1 is 1.00 bits per heavy atom. The molecule has 1 heterocycles. The van der Waals surface area contributed by atoms with Gasteiger partial charge in [0.1, 0.15) is 18.0 Å². The van der Waals surface area contributed by atoms with Crippen molar-refractivity contribution in [3.8, 4) is 5.75 Å². The number of pyridine rings is 1. The summed E-state index contributed by atoms with van der Waals surface area (Å²) in [5.41, 5.74) is 0.320. The Bertz CT molecular complexity index is 1200. The summed E-state index contributed by atoms with van der Waals surface area (Å²) in [6.45, 7) is 1.40. The highest BCUT2D eigenvalue weighted by Crippen LogP contribution is 2.16. The Labute approximate surface area is 174 Å². The van der Waals surface area contributed by atoms with Gasteiger partial charge in [0.15, 0.2) is 0 Å². The summed E-state index contributed by atoms with van der Waals surface area (Å²) in [6, 6.07) is 17.4. The number of hydrogen-bond acceptors (Lipinski definition) is 5. The number of aromatic nitrogens is 1. The van der Waals surface area contributed by atoms with Crippen molar-refractivity contribution >= 4 is 27.3 Å². The van der Waals surface area contributed by atoms with Gasteiger partial charge in [-0.3, -0.25) is 14.3 Å². The fourth-order valence-electron chi connectivity index (χ4n) is 2.77. The summed E-state index contributed by atoms with van der Waals surface area (Å²) in [6.07, 6.45) is 0. The van der Waals surface area contributed by atoms with Gasteiger partial charge in [0.2, 0.25) is 5.91 Å². The predicted octanol–water partition coefficient (Wildman–Crippen LogP) is 2.60. The molecule has 0 saturated carbocycles. The van der Waals surface area contributed by atoms with Crippen molar-refractivity contribution in [2.75, 3.05) is 17.1 Å². The van der Waals surface area contributed by atoms with Crippen LogP contribution in [0, 0.1) is 6.92 Å². The second kappa shape index (κ2) is 8.83. The molecule has 156 valence electrons. The number of nitrogens with one attached hydrogen (secondary N) is 2. The predicted molar refractivity (Wildman–Crippen MR) is 114 cm³/mol. The molecule has 0 aliphatic rings. The van der Waals surface area contributed by atoms with Gasteiger partial charge in [-0.25, -0.2) is 8.42 Å². The van der Waals surface area contributed by atoms with Crippen LogP contribution in [-0.4, -0.2) is 26.0 Å². The summed E-state index contributed by atoms with van der Waals surface area (Å²) in [5.74, 6) is 0.229. The highest BCUT2D eigenvalue weighted by Gasteiger charge is 2.17. The summed E-state index contributed by atoms with van der Waals surface area (Å²) >= 11 is 0. The van der Waals surface area contributed by atoms with Crippen molar-refractivity contribution in [3.05, 3.63) is 82.8 Å². The normalized spacial score (nSPS) is 11.0. The fourth-order valence-corrected chi connectivity index (χ4v) is 3.84. The number of sulfonamides is 1. The summed E-state index contributed by atoms with van der Waals surface area (Å²) in [5, 5.41) is 2.70. The first-order chi connectivity index (χ1) is 14.3. The minimum absolute atomic E-state index is 0.0359. The van der Waals surface area contributed by atoms with E-state index in [1.54, 1.807) is 62.6 Å². The maximum absolute atomic E-state index is 12.8. The van der Waals surface area contributed by atoms with Crippen molar-refractivity contribution in [1.29, 1.82) is 0 Å². The number of ether oxygens (including phenoxy) is 1. The molecule has 0 aliphatic heterocycles. The molecule has 8 nitrogen and oxygen atoms in total. The third kappa shape index (κ3) is 4.87. The van der Waals surface area contributed by atoms with Gasteiger partial charge in [-0.15, -0.1) is 0 Å². The van der Waals surface area contributed by atoms with Crippen LogP contribution in [-0.2, 0) is 21.4 Å². The van der Waals surface area contributed by atoms with Crippen LogP contribution < -0.4 is 20.3 Å². The Morgan fingerprint density at radius 2 is 1.67 bits per heavy atom. The van der Waals surface area contributed by atoms with Gasteiger partial charge in [-0.1, -0.05) is 18.2 Å². The van der Waals surface area contributed by atoms with Crippen LogP contribution in [0.4, 0.5) is 11.4 Å². The second-order valence-electron chi connectivity index (χ2n) is 6.47. The monoisotopic (exact) mass is 427 g/mol. The number of amides is 1. The van der Waals surface area contributed by atoms with Crippen LogP contribution >= 0.6 is 0 Å². The van der Waals surface area contributed by atoms with Crippen molar-refractivity contribution in [2.24, 2.45) is 0 Å². The Balaban J connectivity index is 1.80. The molecule has 0 spiro atoms. The maximum Gasteiger partial charge on any atom is 0.275 e. The van der Waals surface area contributed by atoms with Crippen LogP contribution in [0.2, 0.25) is 0 Å². The Kier molecular flexibility index (Phi) is 6.22. The average molecular weight is 427 g/mol. The lowest BCUT2D eigenvalue weighted by Crippen LogP contribution is -2.31. The molecule has 0 fully saturated rings. The molecule has 3 rings (SSSR count). The molecule has 0 atom stereocenters. The molecule has 1 amide bonds. The van der Waals surface area contributed by atoms with Crippen LogP contribution in [0.15, 0.2) is 76.4 Å². The third-order valence-corrected chi connectivity index (χ3v) is 5.75. The van der Waals surface area contributed by atoms with Crippen LogP contribution in [0.3, 0.4) is 0 Å². The van der Waals surface area contributed by atoms with E-state index in [0.29, 0.717) is 17.1 Å². The molecular weight excluding hydrogens is 406 g/mol. The van der Waals surface area contributed by atoms with E-state index in [-0.39, 0.29) is 17.1 Å². The number of carbonyl (C=O) groups excluding carboxylic acids is 1. The van der Waals surface area contributed by atoms with E-state index in [1.807, 2.05) is 0 Å². The highest BCUT2D eigenvalue weighted by atomic mass is 32.2. The molecule has 2 aromatic carbocycles. The first-order valence-corrected chi connectivity index (χ1v) is 10.5. The topological polar surface area (TPSA) is 106 Å². The van der Waals surface area contributed by atoms with Gasteiger partial charge in [0.05, 0.1) is 12.0 Å². The number of aryl methyl sites for hydroxylation is 1. The van der Waals surface area contributed by atoms with E-state index in [4.69, 9.17) is 4.74 Å². The van der Waals surface area contributed by atoms with E-state index < -0.39 is 21.5 Å². The number of nitrogens with zero attached hydrogens (tertiary/aromatic N) is 1. The zero-order chi connectivity index (χ0) is 21.7. The van der Waals surface area contributed by atoms with E-state index >= 15 is 0 Å². The van der Waals surface area contributed by atoms with Gasteiger partial charge in [0.25, 0.3) is 15.6 Å². The molecule has 3 aromatic rings. The van der Waals surface area contributed by atoms with Crippen LogP contribution in [0.1, 0.15) is 5.69 Å². The lowest BCUT2D eigenvalue weighted by molar-refractivity contribution is -0.116. The van der Waals surface area contributed by atoms with Gasteiger partial charge in [-0.2, -0.15) is 0 Å². The van der Waals surface area contributed by atoms with Gasteiger partial charge in [0, 0.05) is 11.4 Å². The summed E-state index contributed by atoms with van der Waals surface area (Å²) < 4.78 is 33.6.